The van der Waals surface area contributed by atoms with Gasteiger partial charge in [-0.15, -0.1) is 0 Å². The summed E-state index contributed by atoms with van der Waals surface area (Å²) in [7, 11) is 1.84. The lowest BCUT2D eigenvalue weighted by Gasteiger charge is -2.07. The number of hydrogen-bond acceptors (Lipinski definition) is 4. The predicted molar refractivity (Wildman–Crippen MR) is 78.6 cm³/mol. The number of aryl methyl sites for hydroxylation is 1. The van der Waals surface area contributed by atoms with Gasteiger partial charge in [-0.2, -0.15) is 5.26 Å². The first-order valence-corrected chi connectivity index (χ1v) is 6.39. The molecule has 2 aromatic rings. The first-order valence-electron chi connectivity index (χ1n) is 6.39. The minimum absolute atomic E-state index is 0.131. The van der Waals surface area contributed by atoms with Crippen molar-refractivity contribution in [1.82, 2.24) is 4.57 Å². The molecule has 0 aliphatic rings. The molecule has 6 heteroatoms. The van der Waals surface area contributed by atoms with Crippen LogP contribution in [0.1, 0.15) is 11.3 Å². The van der Waals surface area contributed by atoms with Gasteiger partial charge in [0.25, 0.3) is 5.91 Å². The van der Waals surface area contributed by atoms with E-state index in [0.717, 1.165) is 11.3 Å². The Morgan fingerprint density at radius 1 is 1.43 bits per heavy atom. The first kappa shape index (κ1) is 14.5. The van der Waals surface area contributed by atoms with Gasteiger partial charge in [-0.3, -0.25) is 4.79 Å². The van der Waals surface area contributed by atoms with E-state index in [2.05, 4.69) is 11.4 Å². The highest BCUT2D eigenvalue weighted by atomic mass is 16.5. The number of rotatable bonds is 6. The molecule has 6 nitrogen and oxygen atoms in total. The van der Waals surface area contributed by atoms with Crippen LogP contribution in [0.4, 0.5) is 5.69 Å². The Kier molecular flexibility index (Phi) is 4.46. The van der Waals surface area contributed by atoms with Crippen molar-refractivity contribution in [2.75, 3.05) is 11.9 Å². The van der Waals surface area contributed by atoms with Crippen molar-refractivity contribution in [2.45, 2.75) is 6.54 Å². The Balaban J connectivity index is 1.91. The number of nitriles is 1. The summed E-state index contributed by atoms with van der Waals surface area (Å²) < 4.78 is 6.97. The molecule has 0 radical (unpaired) electrons. The largest absolute Gasteiger partial charge is 0.484 e. The molecule has 108 valence electrons. The van der Waals surface area contributed by atoms with Gasteiger partial charge in [0.05, 0.1) is 0 Å². The molecule has 0 saturated heterocycles. The highest BCUT2D eigenvalue weighted by Crippen LogP contribution is 2.16. The lowest BCUT2D eigenvalue weighted by Crippen LogP contribution is -2.19. The summed E-state index contributed by atoms with van der Waals surface area (Å²) in [5.41, 5.74) is 7.58. The van der Waals surface area contributed by atoms with Crippen LogP contribution in [-0.2, 0) is 18.4 Å². The highest BCUT2D eigenvalue weighted by molar-refractivity contribution is 5.75. The number of carbonyl (C=O) groups excluding carboxylic acids is 1. The van der Waals surface area contributed by atoms with Gasteiger partial charge in [-0.1, -0.05) is 0 Å². The third-order valence-electron chi connectivity index (χ3n) is 2.91. The smallest absolute Gasteiger partial charge is 0.255 e. The van der Waals surface area contributed by atoms with E-state index < -0.39 is 5.91 Å². The maximum atomic E-state index is 10.6. The van der Waals surface area contributed by atoms with E-state index in [4.69, 9.17) is 15.7 Å². The fourth-order valence-electron chi connectivity index (χ4n) is 1.87. The summed E-state index contributed by atoms with van der Waals surface area (Å²) in [6, 6.07) is 11.2. The summed E-state index contributed by atoms with van der Waals surface area (Å²) in [4.78, 5) is 10.6. The molecule has 0 spiro atoms. The van der Waals surface area contributed by atoms with Gasteiger partial charge >= 0.3 is 0 Å². The molecule has 0 atom stereocenters. The number of carbonyl (C=O) groups is 1. The van der Waals surface area contributed by atoms with Gasteiger partial charge in [-0.05, 0) is 35.9 Å². The second kappa shape index (κ2) is 6.48. The molecule has 1 aromatic carbocycles. The zero-order valence-electron chi connectivity index (χ0n) is 11.7. The van der Waals surface area contributed by atoms with Crippen molar-refractivity contribution in [3.05, 3.63) is 47.8 Å². The van der Waals surface area contributed by atoms with Gasteiger partial charge in [0.2, 0.25) is 0 Å². The fourth-order valence-corrected chi connectivity index (χ4v) is 1.87. The van der Waals surface area contributed by atoms with Crippen molar-refractivity contribution in [2.24, 2.45) is 12.8 Å². The number of primary amides is 1. The van der Waals surface area contributed by atoms with Crippen molar-refractivity contribution >= 4 is 11.6 Å². The topological polar surface area (TPSA) is 93.1 Å². The second-order valence-electron chi connectivity index (χ2n) is 4.59. The SMILES string of the molecule is Cn1cc(CNc2ccc(OCC(N)=O)cc2)cc1C#N. The van der Waals surface area contributed by atoms with Crippen molar-refractivity contribution in [3.63, 3.8) is 0 Å². The van der Waals surface area contributed by atoms with E-state index in [0.29, 0.717) is 18.0 Å². The van der Waals surface area contributed by atoms with Crippen molar-refractivity contribution < 1.29 is 9.53 Å². The molecule has 1 aromatic heterocycles. The molecule has 0 bridgehead atoms. The van der Waals surface area contributed by atoms with Crippen LogP contribution < -0.4 is 15.8 Å². The monoisotopic (exact) mass is 284 g/mol. The van der Waals surface area contributed by atoms with Gasteiger partial charge in [-0.25, -0.2) is 0 Å². The molecule has 1 heterocycles. The number of aromatic nitrogens is 1. The average molecular weight is 284 g/mol. The third-order valence-corrected chi connectivity index (χ3v) is 2.91. The van der Waals surface area contributed by atoms with E-state index in [1.807, 2.05) is 31.4 Å². The van der Waals surface area contributed by atoms with Crippen LogP contribution in [-0.4, -0.2) is 17.1 Å². The standard InChI is InChI=1S/C15H16N4O2/c1-19-9-11(6-13(19)7-16)8-18-12-2-4-14(5-3-12)21-10-15(17)20/h2-6,9,18H,8,10H2,1H3,(H2,17,20). The van der Waals surface area contributed by atoms with Gasteiger partial charge in [0.15, 0.2) is 6.61 Å². The number of anilines is 1. The molecule has 3 N–H and O–H groups in total. The summed E-state index contributed by atoms with van der Waals surface area (Å²) >= 11 is 0. The molecule has 1 amide bonds. The number of hydrogen-bond donors (Lipinski definition) is 2. The molecule has 0 unspecified atom stereocenters. The van der Waals surface area contributed by atoms with Crippen LogP contribution in [0.25, 0.3) is 0 Å². The third kappa shape index (κ3) is 4.01. The lowest BCUT2D eigenvalue weighted by molar-refractivity contribution is -0.119. The Morgan fingerprint density at radius 2 is 2.14 bits per heavy atom. The molecular weight excluding hydrogens is 268 g/mol. The maximum absolute atomic E-state index is 10.6. The minimum Gasteiger partial charge on any atom is -0.484 e. The van der Waals surface area contributed by atoms with E-state index in [1.54, 1.807) is 16.7 Å². The molecule has 0 saturated carbocycles. The van der Waals surface area contributed by atoms with E-state index in [9.17, 15) is 4.79 Å². The summed E-state index contributed by atoms with van der Waals surface area (Å²) in [5.74, 6) is 0.0837. The Bertz CT molecular complexity index is 668. The van der Waals surface area contributed by atoms with Gasteiger partial charge < -0.3 is 20.4 Å². The molecule has 2 rings (SSSR count). The van der Waals surface area contributed by atoms with E-state index in [1.165, 1.54) is 0 Å². The van der Waals surface area contributed by atoms with Crippen LogP contribution in [0.2, 0.25) is 0 Å². The van der Waals surface area contributed by atoms with Crippen LogP contribution in [0.5, 0.6) is 5.75 Å². The summed E-state index contributed by atoms with van der Waals surface area (Å²) in [6.45, 7) is 0.491. The quantitative estimate of drug-likeness (QED) is 0.838. The second-order valence-corrected chi connectivity index (χ2v) is 4.59. The van der Waals surface area contributed by atoms with Crippen LogP contribution in [0.3, 0.4) is 0 Å². The Hall–Kier alpha value is -2.94. The highest BCUT2D eigenvalue weighted by Gasteiger charge is 2.02. The first-order chi connectivity index (χ1) is 10.1. The molecule has 0 aliphatic carbocycles. The van der Waals surface area contributed by atoms with Gasteiger partial charge in [0, 0.05) is 25.5 Å². The number of benzene rings is 1. The molecule has 0 aliphatic heterocycles. The zero-order valence-corrected chi connectivity index (χ0v) is 11.7. The molecule has 21 heavy (non-hydrogen) atoms. The van der Waals surface area contributed by atoms with Gasteiger partial charge in [0.1, 0.15) is 17.5 Å². The number of ether oxygens (including phenoxy) is 1. The average Bonchev–Trinajstić information content (AvgIpc) is 2.84. The van der Waals surface area contributed by atoms with Crippen molar-refractivity contribution in [1.29, 1.82) is 5.26 Å². The van der Waals surface area contributed by atoms with Crippen LogP contribution in [0.15, 0.2) is 36.5 Å². The molecule has 0 fully saturated rings. The minimum atomic E-state index is -0.505. The number of nitrogens with two attached hydrogens (primary N) is 1. The number of nitrogens with zero attached hydrogens (tertiary/aromatic N) is 2. The molecular formula is C15H16N4O2. The predicted octanol–water partition coefficient (Wildman–Crippen LogP) is 1.37. The van der Waals surface area contributed by atoms with Crippen LogP contribution >= 0.6 is 0 Å². The normalized spacial score (nSPS) is 9.90. The number of nitrogens with one attached hydrogen (secondary N) is 1. The lowest BCUT2D eigenvalue weighted by atomic mass is 10.2. The number of amides is 1. The Morgan fingerprint density at radius 3 is 2.71 bits per heavy atom. The Labute approximate surface area is 122 Å². The zero-order chi connectivity index (χ0) is 15.2. The summed E-state index contributed by atoms with van der Waals surface area (Å²) in [5, 5.41) is 12.1. The maximum Gasteiger partial charge on any atom is 0.255 e. The van der Waals surface area contributed by atoms with Crippen LogP contribution in [0, 0.1) is 11.3 Å². The fraction of sp³-hybridized carbons (Fsp3) is 0.200. The van der Waals surface area contributed by atoms with Crippen molar-refractivity contribution in [3.8, 4) is 11.8 Å². The summed E-state index contributed by atoms with van der Waals surface area (Å²) in [6.07, 6.45) is 1.91. The van der Waals surface area contributed by atoms with E-state index in [-0.39, 0.29) is 6.61 Å². The van der Waals surface area contributed by atoms with E-state index >= 15 is 0 Å².